The largest absolute Gasteiger partial charge is 0.494 e. The van der Waals surface area contributed by atoms with Gasteiger partial charge in [0.2, 0.25) is 0 Å². The van der Waals surface area contributed by atoms with Gasteiger partial charge in [-0.2, -0.15) is 0 Å². The first-order valence-electron chi connectivity index (χ1n) is 9.04. The topological polar surface area (TPSA) is 93.6 Å². The van der Waals surface area contributed by atoms with E-state index in [9.17, 15) is 4.79 Å². The fraction of sp³-hybridized carbons (Fsp3) is 0.190. The number of benzene rings is 1. The Bertz CT molecular complexity index is 1140. The van der Waals surface area contributed by atoms with Gasteiger partial charge in [-0.25, -0.2) is 9.97 Å². The van der Waals surface area contributed by atoms with Gasteiger partial charge in [-0.3, -0.25) is 14.8 Å². The van der Waals surface area contributed by atoms with Crippen LogP contribution in [0.2, 0.25) is 0 Å². The maximum Gasteiger partial charge on any atom is 0.259 e. The fourth-order valence-electron chi connectivity index (χ4n) is 2.86. The highest BCUT2D eigenvalue weighted by molar-refractivity contribution is 5.80. The Morgan fingerprint density at radius 2 is 1.93 bits per heavy atom. The summed E-state index contributed by atoms with van der Waals surface area (Å²) in [4.78, 5) is 32.2. The highest BCUT2D eigenvalue weighted by Crippen LogP contribution is 2.19. The first kappa shape index (κ1) is 17.8. The molecule has 0 unspecified atom stereocenters. The lowest BCUT2D eigenvalue weighted by Gasteiger charge is -2.08. The first-order valence-corrected chi connectivity index (χ1v) is 9.04. The molecule has 0 aliphatic heterocycles. The second-order valence-corrected chi connectivity index (χ2v) is 6.44. The number of rotatable bonds is 6. The third-order valence-electron chi connectivity index (χ3n) is 4.33. The van der Waals surface area contributed by atoms with E-state index in [0.29, 0.717) is 34.8 Å². The van der Waals surface area contributed by atoms with Gasteiger partial charge in [0.15, 0.2) is 5.82 Å². The molecule has 3 heterocycles. The van der Waals surface area contributed by atoms with Gasteiger partial charge in [-0.05, 0) is 55.7 Å². The summed E-state index contributed by atoms with van der Waals surface area (Å²) in [7, 11) is 0. The number of aromatic nitrogens is 5. The van der Waals surface area contributed by atoms with Crippen LogP contribution in [0.4, 0.5) is 0 Å². The van der Waals surface area contributed by atoms with Gasteiger partial charge in [0.1, 0.15) is 11.4 Å². The minimum absolute atomic E-state index is 0.232. The van der Waals surface area contributed by atoms with Crippen molar-refractivity contribution in [1.29, 1.82) is 0 Å². The van der Waals surface area contributed by atoms with Gasteiger partial charge in [-0.15, -0.1) is 0 Å². The van der Waals surface area contributed by atoms with Gasteiger partial charge < -0.3 is 9.72 Å². The lowest BCUT2D eigenvalue weighted by atomic mass is 10.1. The van der Waals surface area contributed by atoms with E-state index in [1.807, 2.05) is 25.1 Å². The first-order chi connectivity index (χ1) is 13.7. The van der Waals surface area contributed by atoms with E-state index >= 15 is 0 Å². The number of aryl methyl sites for hydroxylation is 2. The van der Waals surface area contributed by atoms with E-state index in [1.54, 1.807) is 36.9 Å². The van der Waals surface area contributed by atoms with Crippen molar-refractivity contribution in [2.24, 2.45) is 0 Å². The van der Waals surface area contributed by atoms with Crippen LogP contribution in [0.5, 0.6) is 5.75 Å². The van der Waals surface area contributed by atoms with Crippen molar-refractivity contribution < 1.29 is 4.74 Å². The Morgan fingerprint density at radius 1 is 1.07 bits per heavy atom. The van der Waals surface area contributed by atoms with Gasteiger partial charge in [0, 0.05) is 18.6 Å². The van der Waals surface area contributed by atoms with Gasteiger partial charge in [-0.1, -0.05) is 0 Å². The Morgan fingerprint density at radius 3 is 2.71 bits per heavy atom. The maximum atomic E-state index is 12.5. The Labute approximate surface area is 161 Å². The molecule has 7 heteroatoms. The zero-order chi connectivity index (χ0) is 19.3. The molecule has 4 rings (SSSR count). The standard InChI is InChI=1S/C21H19N5O2/c1-14-12-24-19(13-23-14)20-25-18-5-4-16(11-17(18)21(27)26-20)28-10-2-3-15-6-8-22-9-7-15/h4-9,11-13H,2-3,10H2,1H3,(H,25,26,27). The Kier molecular flexibility index (Phi) is 5.05. The van der Waals surface area contributed by atoms with Crippen molar-refractivity contribution in [1.82, 2.24) is 24.9 Å². The van der Waals surface area contributed by atoms with Gasteiger partial charge in [0.25, 0.3) is 5.56 Å². The van der Waals surface area contributed by atoms with Crippen LogP contribution in [0.15, 0.2) is 59.9 Å². The number of nitrogens with zero attached hydrogens (tertiary/aromatic N) is 4. The van der Waals surface area contributed by atoms with E-state index in [1.165, 1.54) is 5.56 Å². The highest BCUT2D eigenvalue weighted by atomic mass is 16.5. The second-order valence-electron chi connectivity index (χ2n) is 6.44. The quantitative estimate of drug-likeness (QED) is 0.522. The molecule has 0 fully saturated rings. The molecule has 0 radical (unpaired) electrons. The molecule has 1 N–H and O–H groups in total. The molecular formula is C21H19N5O2. The SMILES string of the molecule is Cc1cnc(-c2nc3ccc(OCCCc4ccncc4)cc3c(=O)[nH]2)cn1. The van der Waals surface area contributed by atoms with Crippen molar-refractivity contribution >= 4 is 10.9 Å². The predicted molar refractivity (Wildman–Crippen MR) is 106 cm³/mol. The average Bonchev–Trinajstić information content (AvgIpc) is 2.73. The summed E-state index contributed by atoms with van der Waals surface area (Å²) in [6, 6.07) is 9.33. The zero-order valence-electron chi connectivity index (χ0n) is 15.4. The molecule has 0 bridgehead atoms. The number of ether oxygens (including phenoxy) is 1. The van der Waals surface area contributed by atoms with Crippen LogP contribution in [0.1, 0.15) is 17.7 Å². The molecule has 7 nitrogen and oxygen atoms in total. The van der Waals surface area contributed by atoms with Crippen LogP contribution < -0.4 is 10.3 Å². The zero-order valence-corrected chi connectivity index (χ0v) is 15.4. The van der Waals surface area contributed by atoms with E-state index < -0.39 is 0 Å². The molecule has 3 aromatic heterocycles. The molecule has 140 valence electrons. The third kappa shape index (κ3) is 4.03. The van der Waals surface area contributed by atoms with Crippen LogP contribution in [-0.2, 0) is 6.42 Å². The number of hydrogen-bond donors (Lipinski definition) is 1. The normalized spacial score (nSPS) is 10.9. The second kappa shape index (κ2) is 7.96. The number of nitrogens with one attached hydrogen (secondary N) is 1. The summed E-state index contributed by atoms with van der Waals surface area (Å²) in [5, 5.41) is 0.482. The molecule has 0 saturated heterocycles. The molecule has 0 saturated carbocycles. The molecular weight excluding hydrogens is 354 g/mol. The van der Waals surface area contributed by atoms with E-state index in [2.05, 4.69) is 24.9 Å². The average molecular weight is 373 g/mol. The van der Waals surface area contributed by atoms with E-state index in [-0.39, 0.29) is 5.56 Å². The smallest absolute Gasteiger partial charge is 0.259 e. The van der Waals surface area contributed by atoms with Crippen molar-refractivity contribution in [2.75, 3.05) is 6.61 Å². The predicted octanol–water partition coefficient (Wildman–Crippen LogP) is 3.10. The Balaban J connectivity index is 1.48. The minimum Gasteiger partial charge on any atom is -0.494 e. The van der Waals surface area contributed by atoms with Crippen LogP contribution in [0.3, 0.4) is 0 Å². The van der Waals surface area contributed by atoms with Gasteiger partial charge in [0.05, 0.1) is 29.4 Å². The summed E-state index contributed by atoms with van der Waals surface area (Å²) in [5.74, 6) is 1.05. The number of H-pyrrole nitrogens is 1. The van der Waals surface area contributed by atoms with Crippen molar-refractivity contribution in [2.45, 2.75) is 19.8 Å². The molecule has 0 aliphatic rings. The van der Waals surface area contributed by atoms with Crippen LogP contribution in [0.25, 0.3) is 22.4 Å². The molecule has 4 aromatic rings. The summed E-state index contributed by atoms with van der Waals surface area (Å²) < 4.78 is 5.80. The van der Waals surface area contributed by atoms with E-state index in [0.717, 1.165) is 18.5 Å². The van der Waals surface area contributed by atoms with Crippen molar-refractivity contribution in [3.05, 3.63) is 76.7 Å². The fourth-order valence-corrected chi connectivity index (χ4v) is 2.86. The van der Waals surface area contributed by atoms with Crippen LogP contribution in [-0.4, -0.2) is 31.5 Å². The third-order valence-corrected chi connectivity index (χ3v) is 4.33. The number of aromatic amines is 1. The number of hydrogen-bond acceptors (Lipinski definition) is 6. The van der Waals surface area contributed by atoms with Crippen molar-refractivity contribution in [3.63, 3.8) is 0 Å². The molecule has 0 aliphatic carbocycles. The van der Waals surface area contributed by atoms with E-state index in [4.69, 9.17) is 4.74 Å². The maximum absolute atomic E-state index is 12.5. The lowest BCUT2D eigenvalue weighted by Crippen LogP contribution is -2.10. The molecule has 28 heavy (non-hydrogen) atoms. The van der Waals surface area contributed by atoms with Crippen LogP contribution >= 0.6 is 0 Å². The molecule has 0 atom stereocenters. The summed E-state index contributed by atoms with van der Waals surface area (Å²) in [6.45, 7) is 2.42. The summed E-state index contributed by atoms with van der Waals surface area (Å²) in [5.41, 5.74) is 2.91. The lowest BCUT2D eigenvalue weighted by molar-refractivity contribution is 0.311. The van der Waals surface area contributed by atoms with Crippen molar-refractivity contribution in [3.8, 4) is 17.3 Å². The number of pyridine rings is 1. The summed E-state index contributed by atoms with van der Waals surface area (Å²) in [6.07, 6.45) is 8.60. The molecule has 0 spiro atoms. The minimum atomic E-state index is -0.232. The van der Waals surface area contributed by atoms with Crippen LogP contribution in [0, 0.1) is 6.92 Å². The highest BCUT2D eigenvalue weighted by Gasteiger charge is 2.09. The number of fused-ring (bicyclic) bond motifs is 1. The molecule has 0 amide bonds. The Hall–Kier alpha value is -3.61. The van der Waals surface area contributed by atoms with Gasteiger partial charge >= 0.3 is 0 Å². The summed E-state index contributed by atoms with van der Waals surface area (Å²) >= 11 is 0. The monoisotopic (exact) mass is 373 g/mol. The molecule has 1 aromatic carbocycles.